The number of benzene rings is 2. The van der Waals surface area contributed by atoms with Gasteiger partial charge in [0.1, 0.15) is 13.2 Å². The van der Waals surface area contributed by atoms with Crippen LogP contribution in [0.1, 0.15) is 23.5 Å². The molecule has 1 aliphatic carbocycles. The van der Waals surface area contributed by atoms with E-state index >= 15 is 0 Å². The Balaban J connectivity index is 1.46. The number of carbonyl (C=O) groups is 1. The number of rotatable bonds is 3. The molecule has 0 bridgehead atoms. The van der Waals surface area contributed by atoms with Crippen molar-refractivity contribution >= 4 is 23.2 Å². The first-order valence-electron chi connectivity index (χ1n) is 8.09. The summed E-state index contributed by atoms with van der Waals surface area (Å²) in [6.07, 6.45) is 0.852. The van der Waals surface area contributed by atoms with Gasteiger partial charge in [-0.25, -0.2) is 0 Å². The topological polar surface area (TPSA) is 47.6 Å². The van der Waals surface area contributed by atoms with E-state index in [1.165, 1.54) is 0 Å². The van der Waals surface area contributed by atoms with E-state index in [1.807, 2.05) is 43.3 Å². The van der Waals surface area contributed by atoms with Crippen molar-refractivity contribution in [1.82, 2.24) is 0 Å². The predicted molar refractivity (Wildman–Crippen MR) is 93.1 cm³/mol. The minimum absolute atomic E-state index is 0.00839. The molecule has 2 aromatic carbocycles. The fourth-order valence-corrected chi connectivity index (χ4v) is 3.29. The standard InChI is InChI=1S/C19H18ClNO3/c1-11-15(20)3-2-4-16(11)21-19(22)14-10-13(14)12-5-6-17-18(9-12)24-8-7-23-17/h2-6,9,13-14H,7-8,10H2,1H3,(H,21,22)/t13-,14-/m1/s1. The highest BCUT2D eigenvalue weighted by Crippen LogP contribution is 2.49. The van der Waals surface area contributed by atoms with Gasteiger partial charge in [-0.2, -0.15) is 0 Å². The largest absolute Gasteiger partial charge is 0.486 e. The zero-order valence-corrected chi connectivity index (χ0v) is 14.1. The Kier molecular flexibility index (Phi) is 3.85. The van der Waals surface area contributed by atoms with Crippen LogP contribution in [0.4, 0.5) is 5.69 Å². The van der Waals surface area contributed by atoms with Gasteiger partial charge in [-0.15, -0.1) is 0 Å². The van der Waals surface area contributed by atoms with Gasteiger partial charge in [0, 0.05) is 16.6 Å². The lowest BCUT2D eigenvalue weighted by molar-refractivity contribution is -0.117. The fraction of sp³-hybridized carbons (Fsp3) is 0.316. The average molecular weight is 344 g/mol. The van der Waals surface area contributed by atoms with Crippen LogP contribution in [0.2, 0.25) is 5.02 Å². The lowest BCUT2D eigenvalue weighted by Gasteiger charge is -2.18. The van der Waals surface area contributed by atoms with E-state index < -0.39 is 0 Å². The molecule has 2 aliphatic rings. The van der Waals surface area contributed by atoms with Crippen molar-refractivity contribution in [3.05, 3.63) is 52.5 Å². The summed E-state index contributed by atoms with van der Waals surface area (Å²) < 4.78 is 11.2. The number of hydrogen-bond donors (Lipinski definition) is 1. The quantitative estimate of drug-likeness (QED) is 0.910. The van der Waals surface area contributed by atoms with Crippen molar-refractivity contribution in [2.24, 2.45) is 5.92 Å². The summed E-state index contributed by atoms with van der Waals surface area (Å²) >= 11 is 6.11. The monoisotopic (exact) mass is 343 g/mol. The molecule has 5 heteroatoms. The third kappa shape index (κ3) is 2.82. The molecule has 1 amide bonds. The van der Waals surface area contributed by atoms with Gasteiger partial charge in [0.05, 0.1) is 0 Å². The maximum Gasteiger partial charge on any atom is 0.228 e. The molecular formula is C19H18ClNO3. The van der Waals surface area contributed by atoms with Gasteiger partial charge in [0.15, 0.2) is 11.5 Å². The molecule has 2 aromatic rings. The Morgan fingerprint density at radius 1 is 1.17 bits per heavy atom. The van der Waals surface area contributed by atoms with E-state index in [4.69, 9.17) is 21.1 Å². The van der Waals surface area contributed by atoms with Gasteiger partial charge >= 0.3 is 0 Å². The Labute approximate surface area is 145 Å². The highest BCUT2D eigenvalue weighted by atomic mass is 35.5. The molecule has 4 rings (SSSR count). The highest BCUT2D eigenvalue weighted by Gasteiger charge is 2.44. The third-order valence-corrected chi connectivity index (χ3v) is 5.06. The Hall–Kier alpha value is -2.20. The van der Waals surface area contributed by atoms with Crippen molar-refractivity contribution < 1.29 is 14.3 Å². The van der Waals surface area contributed by atoms with Gasteiger partial charge in [-0.3, -0.25) is 4.79 Å². The fourth-order valence-electron chi connectivity index (χ4n) is 3.11. The lowest BCUT2D eigenvalue weighted by atomic mass is 10.1. The normalized spacial score (nSPS) is 21.2. The molecular weight excluding hydrogens is 326 g/mol. The minimum Gasteiger partial charge on any atom is -0.486 e. The summed E-state index contributed by atoms with van der Waals surface area (Å²) in [5.74, 6) is 1.82. The zero-order chi connectivity index (χ0) is 16.7. The summed E-state index contributed by atoms with van der Waals surface area (Å²) in [5.41, 5.74) is 2.80. The van der Waals surface area contributed by atoms with Crippen LogP contribution in [-0.4, -0.2) is 19.1 Å². The molecule has 4 nitrogen and oxygen atoms in total. The van der Waals surface area contributed by atoms with E-state index in [0.29, 0.717) is 18.2 Å². The highest BCUT2D eigenvalue weighted by molar-refractivity contribution is 6.31. The first-order valence-corrected chi connectivity index (χ1v) is 8.47. The molecule has 0 radical (unpaired) electrons. The van der Waals surface area contributed by atoms with Crippen LogP contribution in [0.25, 0.3) is 0 Å². The second kappa shape index (κ2) is 6.02. The van der Waals surface area contributed by atoms with Gasteiger partial charge in [-0.1, -0.05) is 23.7 Å². The molecule has 24 heavy (non-hydrogen) atoms. The number of hydrogen-bond acceptors (Lipinski definition) is 3. The van der Waals surface area contributed by atoms with Gasteiger partial charge in [0.2, 0.25) is 5.91 Å². The van der Waals surface area contributed by atoms with Crippen LogP contribution >= 0.6 is 11.6 Å². The van der Waals surface area contributed by atoms with E-state index in [2.05, 4.69) is 5.32 Å². The molecule has 1 aliphatic heterocycles. The number of halogens is 1. The smallest absolute Gasteiger partial charge is 0.228 e. The minimum atomic E-state index is -0.00839. The predicted octanol–water partition coefficient (Wildman–Crippen LogP) is 4.16. The van der Waals surface area contributed by atoms with E-state index in [9.17, 15) is 4.79 Å². The molecule has 1 N–H and O–H groups in total. The molecule has 0 aromatic heterocycles. The molecule has 0 spiro atoms. The Morgan fingerprint density at radius 3 is 2.79 bits per heavy atom. The van der Waals surface area contributed by atoms with Gasteiger partial charge in [-0.05, 0) is 54.7 Å². The van der Waals surface area contributed by atoms with Crippen LogP contribution in [0, 0.1) is 12.8 Å². The molecule has 0 saturated heterocycles. The Bertz CT molecular complexity index is 805. The van der Waals surface area contributed by atoms with Gasteiger partial charge < -0.3 is 14.8 Å². The maximum absolute atomic E-state index is 12.5. The molecule has 1 saturated carbocycles. The second-order valence-electron chi connectivity index (χ2n) is 6.25. The van der Waals surface area contributed by atoms with Crippen LogP contribution < -0.4 is 14.8 Å². The average Bonchev–Trinajstić information content (AvgIpc) is 3.39. The summed E-state index contributed by atoms with van der Waals surface area (Å²) in [4.78, 5) is 12.5. The molecule has 1 fully saturated rings. The number of amides is 1. The van der Waals surface area contributed by atoms with Crippen molar-refractivity contribution in [2.45, 2.75) is 19.3 Å². The summed E-state index contributed by atoms with van der Waals surface area (Å²) in [6.45, 7) is 3.06. The second-order valence-corrected chi connectivity index (χ2v) is 6.66. The number of ether oxygens (including phenoxy) is 2. The number of anilines is 1. The van der Waals surface area contributed by atoms with Crippen molar-refractivity contribution in [2.75, 3.05) is 18.5 Å². The first-order chi connectivity index (χ1) is 11.6. The summed E-state index contributed by atoms with van der Waals surface area (Å²) in [7, 11) is 0. The van der Waals surface area contributed by atoms with Crippen LogP contribution in [-0.2, 0) is 4.79 Å². The molecule has 124 valence electrons. The van der Waals surface area contributed by atoms with E-state index in [1.54, 1.807) is 0 Å². The third-order valence-electron chi connectivity index (χ3n) is 4.65. The van der Waals surface area contributed by atoms with E-state index in [-0.39, 0.29) is 17.7 Å². The zero-order valence-electron chi connectivity index (χ0n) is 13.3. The van der Waals surface area contributed by atoms with E-state index in [0.717, 1.165) is 34.7 Å². The SMILES string of the molecule is Cc1c(Cl)cccc1NC(=O)[C@@H]1C[C@@H]1c1ccc2c(c1)OCCO2. The maximum atomic E-state index is 12.5. The number of fused-ring (bicyclic) bond motifs is 1. The Morgan fingerprint density at radius 2 is 1.96 bits per heavy atom. The van der Waals surface area contributed by atoms with Crippen LogP contribution in [0.3, 0.4) is 0 Å². The lowest BCUT2D eigenvalue weighted by Crippen LogP contribution is -2.16. The molecule has 0 unspecified atom stereocenters. The van der Waals surface area contributed by atoms with Crippen molar-refractivity contribution in [3.63, 3.8) is 0 Å². The van der Waals surface area contributed by atoms with Crippen LogP contribution in [0.15, 0.2) is 36.4 Å². The summed E-state index contributed by atoms with van der Waals surface area (Å²) in [6, 6.07) is 11.5. The number of carbonyl (C=O) groups excluding carboxylic acids is 1. The van der Waals surface area contributed by atoms with Crippen molar-refractivity contribution in [1.29, 1.82) is 0 Å². The molecule has 1 heterocycles. The van der Waals surface area contributed by atoms with Crippen molar-refractivity contribution in [3.8, 4) is 11.5 Å². The number of nitrogens with one attached hydrogen (secondary N) is 1. The summed E-state index contributed by atoms with van der Waals surface area (Å²) in [5, 5.41) is 3.65. The molecule has 2 atom stereocenters. The first kappa shape index (κ1) is 15.3. The van der Waals surface area contributed by atoms with Gasteiger partial charge in [0.25, 0.3) is 0 Å². The van der Waals surface area contributed by atoms with Crippen LogP contribution in [0.5, 0.6) is 11.5 Å².